The standard InChI is InChI=1S/C20H20F7NO2/c1-11-15(4-3-5-16(11)21)18(2,29)9-17(28)30-10-12-6-13(19(22,23)24)8-14(7-12)20(25,26)27/h3-8,17,29H,9-10,28H2,1-2H3. The molecule has 3 nitrogen and oxygen atoms in total. The van der Waals surface area contributed by atoms with E-state index in [1.54, 1.807) is 0 Å². The van der Waals surface area contributed by atoms with Crippen molar-refractivity contribution in [2.45, 2.75) is 51.1 Å². The SMILES string of the molecule is Cc1c(F)cccc1C(C)(O)CC(N)OCc1cc(C(F)(F)F)cc(C(F)(F)F)c1. The van der Waals surface area contributed by atoms with Crippen LogP contribution >= 0.6 is 0 Å². The molecule has 10 heteroatoms. The third kappa shape index (κ3) is 5.93. The Morgan fingerprint density at radius 1 is 1.00 bits per heavy atom. The smallest absolute Gasteiger partial charge is 0.385 e. The molecule has 0 saturated heterocycles. The first-order valence-electron chi connectivity index (χ1n) is 8.75. The molecule has 2 atom stereocenters. The molecule has 0 aliphatic heterocycles. The predicted molar refractivity (Wildman–Crippen MR) is 94.5 cm³/mol. The van der Waals surface area contributed by atoms with Crippen LogP contribution in [0.1, 0.15) is 41.2 Å². The first-order chi connectivity index (χ1) is 13.6. The van der Waals surface area contributed by atoms with Crippen LogP contribution in [0, 0.1) is 12.7 Å². The van der Waals surface area contributed by atoms with Gasteiger partial charge in [0.25, 0.3) is 0 Å². The molecule has 3 N–H and O–H groups in total. The topological polar surface area (TPSA) is 55.5 Å². The second-order valence-electron chi connectivity index (χ2n) is 7.15. The lowest BCUT2D eigenvalue weighted by Gasteiger charge is -2.29. The van der Waals surface area contributed by atoms with Gasteiger partial charge in [0.2, 0.25) is 0 Å². The van der Waals surface area contributed by atoms with Gasteiger partial charge in [-0.15, -0.1) is 0 Å². The fourth-order valence-corrected chi connectivity index (χ4v) is 3.06. The molecule has 0 aromatic heterocycles. The number of halogens is 7. The molecule has 0 aliphatic carbocycles. The zero-order valence-corrected chi connectivity index (χ0v) is 16.0. The van der Waals surface area contributed by atoms with Crippen molar-refractivity contribution in [1.29, 1.82) is 0 Å². The van der Waals surface area contributed by atoms with E-state index in [-0.39, 0.29) is 29.2 Å². The third-order valence-corrected chi connectivity index (χ3v) is 4.56. The number of benzene rings is 2. The fraction of sp³-hybridized carbons (Fsp3) is 0.400. The highest BCUT2D eigenvalue weighted by molar-refractivity contribution is 5.34. The summed E-state index contributed by atoms with van der Waals surface area (Å²) in [6.07, 6.45) is -11.5. The van der Waals surface area contributed by atoms with Crippen LogP contribution in [0.5, 0.6) is 0 Å². The molecule has 0 fully saturated rings. The Morgan fingerprint density at radius 3 is 2.03 bits per heavy atom. The number of hydrogen-bond donors (Lipinski definition) is 2. The van der Waals surface area contributed by atoms with Crippen LogP contribution in [-0.4, -0.2) is 11.3 Å². The monoisotopic (exact) mass is 439 g/mol. The highest BCUT2D eigenvalue weighted by atomic mass is 19.4. The van der Waals surface area contributed by atoms with Crippen molar-refractivity contribution in [2.24, 2.45) is 5.73 Å². The van der Waals surface area contributed by atoms with Gasteiger partial charge in [0.1, 0.15) is 12.0 Å². The molecule has 0 bridgehead atoms. The first kappa shape index (κ1) is 24.1. The molecule has 0 radical (unpaired) electrons. The molecule has 2 rings (SSSR count). The molecule has 2 unspecified atom stereocenters. The van der Waals surface area contributed by atoms with E-state index in [9.17, 15) is 35.8 Å². The summed E-state index contributed by atoms with van der Waals surface area (Å²) in [5, 5.41) is 10.6. The maximum atomic E-state index is 13.7. The van der Waals surface area contributed by atoms with Crippen LogP contribution in [0.3, 0.4) is 0 Å². The number of hydrogen-bond acceptors (Lipinski definition) is 3. The summed E-state index contributed by atoms with van der Waals surface area (Å²) in [5.41, 5.74) is 1.22. The van der Waals surface area contributed by atoms with E-state index in [4.69, 9.17) is 10.5 Å². The summed E-state index contributed by atoms with van der Waals surface area (Å²) in [4.78, 5) is 0. The zero-order chi connectivity index (χ0) is 22.9. The highest BCUT2D eigenvalue weighted by Crippen LogP contribution is 2.36. The molecule has 0 amide bonds. The van der Waals surface area contributed by atoms with Crippen LogP contribution in [0.15, 0.2) is 36.4 Å². The summed E-state index contributed by atoms with van der Waals surface area (Å²) < 4.78 is 96.4. The maximum absolute atomic E-state index is 13.7. The molecule has 166 valence electrons. The van der Waals surface area contributed by atoms with Gasteiger partial charge in [-0.25, -0.2) is 4.39 Å². The van der Waals surface area contributed by atoms with Crippen LogP contribution in [-0.2, 0) is 29.3 Å². The largest absolute Gasteiger partial charge is 0.416 e. The van der Waals surface area contributed by atoms with E-state index in [2.05, 4.69) is 0 Å². The molecule has 2 aromatic carbocycles. The van der Waals surface area contributed by atoms with Crippen molar-refractivity contribution < 1.29 is 40.6 Å². The van der Waals surface area contributed by atoms with E-state index < -0.39 is 47.7 Å². The number of alkyl halides is 6. The van der Waals surface area contributed by atoms with E-state index in [0.29, 0.717) is 12.1 Å². The van der Waals surface area contributed by atoms with Gasteiger partial charge < -0.3 is 15.6 Å². The van der Waals surface area contributed by atoms with Crippen molar-refractivity contribution in [1.82, 2.24) is 0 Å². The first-order valence-corrected chi connectivity index (χ1v) is 8.75. The van der Waals surface area contributed by atoms with Crippen molar-refractivity contribution in [2.75, 3.05) is 0 Å². The molecule has 0 saturated carbocycles. The summed E-state index contributed by atoms with van der Waals surface area (Å²) in [6.45, 7) is 2.16. The summed E-state index contributed by atoms with van der Waals surface area (Å²) in [6, 6.07) is 5.17. The number of ether oxygens (including phenoxy) is 1. The van der Waals surface area contributed by atoms with Gasteiger partial charge in [0, 0.05) is 6.42 Å². The third-order valence-electron chi connectivity index (χ3n) is 4.56. The van der Waals surface area contributed by atoms with Gasteiger partial charge in [-0.3, -0.25) is 0 Å². The van der Waals surface area contributed by atoms with E-state index in [1.165, 1.54) is 32.0 Å². The molecule has 0 aliphatic rings. The van der Waals surface area contributed by atoms with Crippen molar-refractivity contribution in [3.63, 3.8) is 0 Å². The van der Waals surface area contributed by atoms with Crippen molar-refractivity contribution in [3.8, 4) is 0 Å². The molecule has 30 heavy (non-hydrogen) atoms. The van der Waals surface area contributed by atoms with Crippen molar-refractivity contribution >= 4 is 0 Å². The minimum atomic E-state index is -4.98. The van der Waals surface area contributed by atoms with Gasteiger partial charge in [0.15, 0.2) is 0 Å². The lowest BCUT2D eigenvalue weighted by atomic mass is 9.88. The molecule has 0 heterocycles. The second-order valence-corrected chi connectivity index (χ2v) is 7.15. The molecular weight excluding hydrogens is 419 g/mol. The van der Waals surface area contributed by atoms with Crippen LogP contribution in [0.4, 0.5) is 30.7 Å². The lowest BCUT2D eigenvalue weighted by molar-refractivity contribution is -0.143. The lowest BCUT2D eigenvalue weighted by Crippen LogP contribution is -2.35. The normalized spacial score (nSPS) is 15.7. The van der Waals surface area contributed by atoms with E-state index in [0.717, 1.165) is 0 Å². The number of rotatable bonds is 6. The molecule has 2 aromatic rings. The Morgan fingerprint density at radius 2 is 1.53 bits per heavy atom. The Labute approximate surface area is 168 Å². The Kier molecular flexibility index (Phi) is 6.85. The minimum absolute atomic E-state index is 0.0148. The molecule has 0 spiro atoms. The van der Waals surface area contributed by atoms with Gasteiger partial charge in [-0.2, -0.15) is 26.3 Å². The highest BCUT2D eigenvalue weighted by Gasteiger charge is 2.37. The zero-order valence-electron chi connectivity index (χ0n) is 16.0. The van der Waals surface area contributed by atoms with Gasteiger partial charge >= 0.3 is 12.4 Å². The summed E-state index contributed by atoms with van der Waals surface area (Å²) in [5.74, 6) is -0.550. The number of nitrogens with two attached hydrogens (primary N) is 1. The van der Waals surface area contributed by atoms with E-state index in [1.807, 2.05) is 0 Å². The quantitative estimate of drug-likeness (QED) is 0.476. The van der Waals surface area contributed by atoms with Crippen LogP contribution in [0.25, 0.3) is 0 Å². The van der Waals surface area contributed by atoms with E-state index >= 15 is 0 Å². The maximum Gasteiger partial charge on any atom is 0.416 e. The molecular formula is C20H20F7NO2. The van der Waals surface area contributed by atoms with Gasteiger partial charge in [0.05, 0.1) is 23.3 Å². The summed E-state index contributed by atoms with van der Waals surface area (Å²) >= 11 is 0. The Bertz CT molecular complexity index is 859. The minimum Gasteiger partial charge on any atom is -0.385 e. The van der Waals surface area contributed by atoms with Gasteiger partial charge in [-0.05, 0) is 54.8 Å². The van der Waals surface area contributed by atoms with Crippen LogP contribution in [0.2, 0.25) is 0 Å². The number of aliphatic hydroxyl groups is 1. The average Bonchev–Trinajstić information content (AvgIpc) is 2.60. The van der Waals surface area contributed by atoms with Gasteiger partial charge in [-0.1, -0.05) is 12.1 Å². The van der Waals surface area contributed by atoms with Crippen LogP contribution < -0.4 is 5.73 Å². The Hall–Kier alpha value is -2.17. The fourth-order valence-electron chi connectivity index (χ4n) is 3.06. The van der Waals surface area contributed by atoms with Crippen molar-refractivity contribution in [3.05, 3.63) is 70.0 Å². The average molecular weight is 439 g/mol. The Balaban J connectivity index is 2.17. The second kappa shape index (κ2) is 8.52. The summed E-state index contributed by atoms with van der Waals surface area (Å²) in [7, 11) is 0. The predicted octanol–water partition coefficient (Wildman–Crippen LogP) is 5.27.